The van der Waals surface area contributed by atoms with Gasteiger partial charge in [-0.1, -0.05) is 5.11 Å². The van der Waals surface area contributed by atoms with E-state index in [1.165, 1.54) is 14.2 Å². The Bertz CT molecular complexity index is 344. The lowest BCUT2D eigenvalue weighted by molar-refractivity contribution is -0.146. The summed E-state index contributed by atoms with van der Waals surface area (Å²) < 4.78 is 33.0. The van der Waals surface area contributed by atoms with Gasteiger partial charge < -0.3 is 18.5 Å². The Morgan fingerprint density at radius 3 is 2.50 bits per heavy atom. The zero-order chi connectivity index (χ0) is 13.5. The molecule has 1 aliphatic rings. The molecule has 0 radical (unpaired) electrons. The van der Waals surface area contributed by atoms with Crippen LogP contribution in [0.2, 0.25) is 0 Å². The summed E-state index contributed by atoms with van der Waals surface area (Å²) in [6.45, 7) is 1.22. The molecule has 0 saturated carbocycles. The second-order valence-electron chi connectivity index (χ2n) is 3.80. The third-order valence-corrected chi connectivity index (χ3v) is 4.67. The molecule has 1 rings (SSSR count). The van der Waals surface area contributed by atoms with Gasteiger partial charge in [0.15, 0.2) is 5.79 Å². The van der Waals surface area contributed by atoms with Crippen molar-refractivity contribution < 1.29 is 23.1 Å². The highest BCUT2D eigenvalue weighted by molar-refractivity contribution is 7.53. The monoisotopic (exact) mass is 279 g/mol. The Hall–Kier alpha value is -0.620. The molecule has 0 bridgehead atoms. The van der Waals surface area contributed by atoms with Gasteiger partial charge in [0.25, 0.3) is 0 Å². The third-order valence-electron chi connectivity index (χ3n) is 2.68. The molecule has 0 aromatic rings. The van der Waals surface area contributed by atoms with Crippen molar-refractivity contribution in [1.82, 2.24) is 0 Å². The van der Waals surface area contributed by atoms with Gasteiger partial charge in [-0.2, -0.15) is 0 Å². The van der Waals surface area contributed by atoms with Gasteiger partial charge in [-0.25, -0.2) is 0 Å². The molecule has 0 spiro atoms. The molecule has 0 aromatic heterocycles. The Balaban J connectivity index is 2.62. The number of azide groups is 1. The van der Waals surface area contributed by atoms with Crippen LogP contribution in [0.15, 0.2) is 5.11 Å². The average molecular weight is 279 g/mol. The predicted octanol–water partition coefficient (Wildman–Crippen LogP) is 2.31. The SMILES string of the molecule is COP(=O)(CC1(CCCN=[N+]=[N-])OCCO1)OC. The van der Waals surface area contributed by atoms with E-state index >= 15 is 0 Å². The second kappa shape index (κ2) is 7.09. The van der Waals surface area contributed by atoms with E-state index in [2.05, 4.69) is 10.0 Å². The van der Waals surface area contributed by atoms with E-state index < -0.39 is 13.4 Å². The summed E-state index contributed by atoms with van der Waals surface area (Å²) in [4.78, 5) is 2.67. The van der Waals surface area contributed by atoms with Crippen molar-refractivity contribution in [3.8, 4) is 0 Å². The summed E-state index contributed by atoms with van der Waals surface area (Å²) >= 11 is 0. The summed E-state index contributed by atoms with van der Waals surface area (Å²) in [5, 5.41) is 3.44. The fourth-order valence-corrected chi connectivity index (χ4v) is 3.11. The van der Waals surface area contributed by atoms with Gasteiger partial charge in [0, 0.05) is 32.1 Å². The summed E-state index contributed by atoms with van der Waals surface area (Å²) in [6.07, 6.45) is 1.09. The predicted molar refractivity (Wildman–Crippen MR) is 64.4 cm³/mol. The number of hydrogen-bond donors (Lipinski definition) is 0. The van der Waals surface area contributed by atoms with E-state index in [0.717, 1.165) is 0 Å². The molecule has 0 unspecified atom stereocenters. The van der Waals surface area contributed by atoms with E-state index in [9.17, 15) is 4.57 Å². The van der Waals surface area contributed by atoms with Crippen molar-refractivity contribution in [2.45, 2.75) is 18.6 Å². The molecule has 1 saturated heterocycles. The first-order chi connectivity index (χ1) is 8.60. The smallest absolute Gasteiger partial charge is 0.335 e. The molecule has 0 aromatic carbocycles. The van der Waals surface area contributed by atoms with Crippen LogP contribution in [0.3, 0.4) is 0 Å². The minimum atomic E-state index is -3.20. The summed E-state index contributed by atoms with van der Waals surface area (Å²) in [7, 11) is -0.552. The highest BCUT2D eigenvalue weighted by atomic mass is 31.2. The Morgan fingerprint density at radius 2 is 2.00 bits per heavy atom. The summed E-state index contributed by atoms with van der Waals surface area (Å²) in [6, 6.07) is 0. The largest absolute Gasteiger partial charge is 0.347 e. The molecule has 1 fully saturated rings. The van der Waals surface area contributed by atoms with Gasteiger partial charge in [-0.05, 0) is 12.0 Å². The highest BCUT2D eigenvalue weighted by Crippen LogP contribution is 2.51. The maximum Gasteiger partial charge on any atom is 0.335 e. The first kappa shape index (κ1) is 15.4. The van der Waals surface area contributed by atoms with Crippen LogP contribution < -0.4 is 0 Å². The summed E-state index contributed by atoms with van der Waals surface area (Å²) in [5.74, 6) is -0.966. The van der Waals surface area contributed by atoms with Crippen LogP contribution in [0.1, 0.15) is 12.8 Å². The van der Waals surface area contributed by atoms with E-state index in [0.29, 0.717) is 32.6 Å². The van der Waals surface area contributed by atoms with Gasteiger partial charge in [0.05, 0.1) is 13.2 Å². The Kier molecular flexibility index (Phi) is 6.08. The lowest BCUT2D eigenvalue weighted by Crippen LogP contribution is -2.35. The Morgan fingerprint density at radius 1 is 1.39 bits per heavy atom. The molecule has 0 aliphatic carbocycles. The lowest BCUT2D eigenvalue weighted by atomic mass is 10.1. The molecular weight excluding hydrogens is 261 g/mol. The standard InChI is InChI=1S/C9H18N3O5P/c1-14-18(13,15-2)8-9(16-6-7-17-9)4-3-5-11-12-10/h3-8H2,1-2H3. The van der Waals surface area contributed by atoms with Crippen molar-refractivity contribution in [3.05, 3.63) is 10.4 Å². The molecule has 104 valence electrons. The number of nitrogens with zero attached hydrogens (tertiary/aromatic N) is 3. The van der Waals surface area contributed by atoms with Crippen LogP contribution in [0.4, 0.5) is 0 Å². The average Bonchev–Trinajstić information content (AvgIpc) is 2.83. The van der Waals surface area contributed by atoms with Crippen LogP contribution in [-0.2, 0) is 23.1 Å². The lowest BCUT2D eigenvalue weighted by Gasteiger charge is -2.29. The highest BCUT2D eigenvalue weighted by Gasteiger charge is 2.43. The normalized spacial score (nSPS) is 18.6. The second-order valence-corrected chi connectivity index (χ2v) is 6.07. The van der Waals surface area contributed by atoms with Crippen molar-refractivity contribution in [3.63, 3.8) is 0 Å². The molecule has 0 N–H and O–H groups in total. The molecule has 1 heterocycles. The maximum absolute atomic E-state index is 12.1. The first-order valence-electron chi connectivity index (χ1n) is 5.59. The fourth-order valence-electron chi connectivity index (χ4n) is 1.77. The minimum absolute atomic E-state index is 0.0310. The minimum Gasteiger partial charge on any atom is -0.347 e. The van der Waals surface area contributed by atoms with Gasteiger partial charge in [-0.3, -0.25) is 4.57 Å². The topological polar surface area (TPSA) is 103 Å². The third kappa shape index (κ3) is 4.24. The van der Waals surface area contributed by atoms with Crippen molar-refractivity contribution in [1.29, 1.82) is 0 Å². The van der Waals surface area contributed by atoms with Gasteiger partial charge in [0.1, 0.15) is 6.16 Å². The van der Waals surface area contributed by atoms with Gasteiger partial charge in [-0.15, -0.1) is 0 Å². The number of hydrogen-bond acceptors (Lipinski definition) is 6. The number of rotatable bonds is 8. The molecule has 0 atom stereocenters. The van der Waals surface area contributed by atoms with Crippen LogP contribution in [-0.4, -0.2) is 45.9 Å². The zero-order valence-corrected chi connectivity index (χ0v) is 11.5. The van der Waals surface area contributed by atoms with E-state index in [1.54, 1.807) is 0 Å². The van der Waals surface area contributed by atoms with Gasteiger partial charge >= 0.3 is 7.60 Å². The van der Waals surface area contributed by atoms with E-state index in [1.807, 2.05) is 0 Å². The summed E-state index contributed by atoms with van der Waals surface area (Å²) in [5.41, 5.74) is 8.20. The van der Waals surface area contributed by atoms with Crippen molar-refractivity contribution in [2.75, 3.05) is 40.1 Å². The zero-order valence-electron chi connectivity index (χ0n) is 10.6. The van der Waals surface area contributed by atoms with Crippen molar-refractivity contribution in [2.24, 2.45) is 5.11 Å². The Labute approximate surface area is 106 Å². The molecule has 9 heteroatoms. The van der Waals surface area contributed by atoms with Crippen LogP contribution >= 0.6 is 7.60 Å². The number of ether oxygens (including phenoxy) is 2. The first-order valence-corrected chi connectivity index (χ1v) is 7.32. The van der Waals surface area contributed by atoms with E-state index in [-0.39, 0.29) is 6.16 Å². The quantitative estimate of drug-likeness (QED) is 0.223. The molecule has 8 nitrogen and oxygen atoms in total. The molecular formula is C9H18N3O5P. The van der Waals surface area contributed by atoms with Crippen LogP contribution in [0.5, 0.6) is 0 Å². The van der Waals surface area contributed by atoms with Crippen LogP contribution in [0, 0.1) is 0 Å². The molecule has 1 aliphatic heterocycles. The van der Waals surface area contributed by atoms with E-state index in [4.69, 9.17) is 24.1 Å². The fraction of sp³-hybridized carbons (Fsp3) is 1.00. The molecule has 18 heavy (non-hydrogen) atoms. The maximum atomic E-state index is 12.1. The van der Waals surface area contributed by atoms with Gasteiger partial charge in [0.2, 0.25) is 0 Å². The van der Waals surface area contributed by atoms with Crippen molar-refractivity contribution >= 4 is 7.60 Å². The van der Waals surface area contributed by atoms with Crippen LogP contribution in [0.25, 0.3) is 10.4 Å². The molecule has 0 amide bonds.